The second-order valence-electron chi connectivity index (χ2n) is 4.22. The van der Waals surface area contributed by atoms with Gasteiger partial charge in [0.25, 0.3) is 0 Å². The smallest absolute Gasteiger partial charge is 0.340 e. The van der Waals surface area contributed by atoms with Crippen molar-refractivity contribution in [3.05, 3.63) is 46.2 Å². The number of nitrogens with two attached hydrogens (primary N) is 1. The quantitative estimate of drug-likeness (QED) is 0.664. The number of carbonyl (C=O) groups excluding carboxylic acids is 1. The molecule has 2 rings (SSSR count). The zero-order chi connectivity index (χ0) is 13.8. The second kappa shape index (κ2) is 5.75. The lowest BCUT2D eigenvalue weighted by Crippen LogP contribution is -2.09. The molecule has 1 aromatic carbocycles. The van der Waals surface area contributed by atoms with Crippen molar-refractivity contribution in [3.8, 4) is 0 Å². The molecule has 0 radical (unpaired) electrons. The summed E-state index contributed by atoms with van der Waals surface area (Å²) < 4.78 is 4.70. The minimum absolute atomic E-state index is 0.167. The molecule has 0 aliphatic heterocycles. The van der Waals surface area contributed by atoms with Crippen molar-refractivity contribution in [2.45, 2.75) is 13.0 Å². The Balaban J connectivity index is 2.19. The van der Waals surface area contributed by atoms with E-state index >= 15 is 0 Å². The third-order valence-electron chi connectivity index (χ3n) is 2.88. The highest BCUT2D eigenvalue weighted by Gasteiger charge is 2.12. The van der Waals surface area contributed by atoms with Crippen molar-refractivity contribution in [3.63, 3.8) is 0 Å². The predicted molar refractivity (Wildman–Crippen MR) is 78.6 cm³/mol. The van der Waals surface area contributed by atoms with Gasteiger partial charge in [0, 0.05) is 17.4 Å². The van der Waals surface area contributed by atoms with Crippen LogP contribution in [0, 0.1) is 0 Å². The maximum atomic E-state index is 11.6. The van der Waals surface area contributed by atoms with Gasteiger partial charge < -0.3 is 15.8 Å². The van der Waals surface area contributed by atoms with E-state index in [1.54, 1.807) is 23.5 Å². The van der Waals surface area contributed by atoms with Gasteiger partial charge in [-0.2, -0.15) is 11.3 Å². The highest BCUT2D eigenvalue weighted by molar-refractivity contribution is 7.07. The first kappa shape index (κ1) is 13.4. The van der Waals surface area contributed by atoms with Gasteiger partial charge >= 0.3 is 5.97 Å². The Morgan fingerprint density at radius 1 is 1.42 bits per heavy atom. The Morgan fingerprint density at radius 2 is 2.21 bits per heavy atom. The van der Waals surface area contributed by atoms with Gasteiger partial charge in [-0.05, 0) is 47.5 Å². The van der Waals surface area contributed by atoms with Gasteiger partial charge in [0.05, 0.1) is 12.7 Å². The molecule has 0 spiro atoms. The summed E-state index contributed by atoms with van der Waals surface area (Å²) in [5.41, 5.74) is 8.61. The highest BCUT2D eigenvalue weighted by Crippen LogP contribution is 2.24. The highest BCUT2D eigenvalue weighted by atomic mass is 32.1. The lowest BCUT2D eigenvalue weighted by atomic mass is 10.1. The molecule has 0 bridgehead atoms. The number of nitrogen functional groups attached to an aromatic ring is 1. The summed E-state index contributed by atoms with van der Waals surface area (Å²) in [4.78, 5) is 11.6. The molecule has 100 valence electrons. The molecule has 1 aromatic heterocycles. The fraction of sp³-hybridized carbons (Fsp3) is 0.214. The van der Waals surface area contributed by atoms with Gasteiger partial charge in [0.1, 0.15) is 0 Å². The molecule has 1 unspecified atom stereocenters. The molecule has 1 atom stereocenters. The summed E-state index contributed by atoms with van der Waals surface area (Å²) in [5, 5.41) is 7.47. The molecule has 5 heteroatoms. The fourth-order valence-corrected chi connectivity index (χ4v) is 2.54. The maximum absolute atomic E-state index is 11.6. The third-order valence-corrected chi connectivity index (χ3v) is 3.59. The van der Waals surface area contributed by atoms with Crippen molar-refractivity contribution >= 4 is 28.7 Å². The largest absolute Gasteiger partial charge is 0.465 e. The number of ether oxygens (including phenoxy) is 1. The van der Waals surface area contributed by atoms with Gasteiger partial charge in [-0.25, -0.2) is 4.79 Å². The average Bonchev–Trinajstić information content (AvgIpc) is 2.94. The van der Waals surface area contributed by atoms with E-state index < -0.39 is 5.97 Å². The Bertz CT molecular complexity index is 567. The minimum Gasteiger partial charge on any atom is -0.465 e. The summed E-state index contributed by atoms with van der Waals surface area (Å²) in [6, 6.07) is 7.50. The predicted octanol–water partition coefficient (Wildman–Crippen LogP) is 3.29. The summed E-state index contributed by atoms with van der Waals surface area (Å²) in [5.74, 6) is -0.427. The van der Waals surface area contributed by atoms with E-state index in [1.165, 1.54) is 12.7 Å². The van der Waals surface area contributed by atoms with Crippen LogP contribution in [-0.2, 0) is 4.74 Å². The van der Waals surface area contributed by atoms with E-state index in [-0.39, 0.29) is 6.04 Å². The first-order chi connectivity index (χ1) is 9.11. The molecular weight excluding hydrogens is 260 g/mol. The van der Waals surface area contributed by atoms with Crippen molar-refractivity contribution in [1.29, 1.82) is 0 Å². The zero-order valence-electron chi connectivity index (χ0n) is 10.8. The molecule has 4 nitrogen and oxygen atoms in total. The Labute approximate surface area is 116 Å². The normalized spacial score (nSPS) is 11.9. The van der Waals surface area contributed by atoms with Crippen LogP contribution in [0.3, 0.4) is 0 Å². The molecule has 19 heavy (non-hydrogen) atoms. The van der Waals surface area contributed by atoms with E-state index in [4.69, 9.17) is 10.5 Å². The van der Waals surface area contributed by atoms with Crippen LogP contribution in [0.15, 0.2) is 35.0 Å². The molecule has 1 heterocycles. The van der Waals surface area contributed by atoms with Crippen molar-refractivity contribution in [2.75, 3.05) is 18.2 Å². The number of nitrogens with one attached hydrogen (secondary N) is 1. The van der Waals surface area contributed by atoms with Crippen molar-refractivity contribution in [1.82, 2.24) is 0 Å². The Hall–Kier alpha value is -2.01. The van der Waals surface area contributed by atoms with Crippen molar-refractivity contribution < 1.29 is 9.53 Å². The number of rotatable bonds is 4. The molecule has 0 aliphatic rings. The van der Waals surface area contributed by atoms with Gasteiger partial charge in [0.2, 0.25) is 0 Å². The molecule has 3 N–H and O–H groups in total. The van der Waals surface area contributed by atoms with Crippen LogP contribution in [0.2, 0.25) is 0 Å². The first-order valence-corrected chi connectivity index (χ1v) is 6.82. The van der Waals surface area contributed by atoms with E-state index in [0.717, 1.165) is 5.69 Å². The topological polar surface area (TPSA) is 64.3 Å². The number of methoxy groups -OCH3 is 1. The second-order valence-corrected chi connectivity index (χ2v) is 5.00. The van der Waals surface area contributed by atoms with Crippen LogP contribution in [0.4, 0.5) is 11.4 Å². The van der Waals surface area contributed by atoms with E-state index in [9.17, 15) is 4.79 Å². The third kappa shape index (κ3) is 3.06. The van der Waals surface area contributed by atoms with Crippen LogP contribution >= 0.6 is 11.3 Å². The van der Waals surface area contributed by atoms with Crippen LogP contribution in [-0.4, -0.2) is 13.1 Å². The Kier molecular flexibility index (Phi) is 4.06. The monoisotopic (exact) mass is 276 g/mol. The van der Waals surface area contributed by atoms with Crippen LogP contribution < -0.4 is 11.1 Å². The average molecular weight is 276 g/mol. The SMILES string of the molecule is COC(=O)c1cc(NC(C)c2ccsc2)ccc1N. The van der Waals surface area contributed by atoms with Gasteiger partial charge in [0.15, 0.2) is 0 Å². The van der Waals surface area contributed by atoms with Crippen LogP contribution in [0.5, 0.6) is 0 Å². The molecule has 2 aromatic rings. The van der Waals surface area contributed by atoms with Crippen LogP contribution in [0.25, 0.3) is 0 Å². The molecule has 0 saturated carbocycles. The fourth-order valence-electron chi connectivity index (χ4n) is 1.79. The van der Waals surface area contributed by atoms with E-state index in [0.29, 0.717) is 11.3 Å². The molecule has 0 fully saturated rings. The number of anilines is 2. The number of thiophene rings is 1. The van der Waals surface area contributed by atoms with Gasteiger partial charge in [-0.3, -0.25) is 0 Å². The van der Waals surface area contributed by atoms with Gasteiger partial charge in [-0.1, -0.05) is 0 Å². The summed E-state index contributed by atoms with van der Waals surface area (Å²) >= 11 is 1.66. The minimum atomic E-state index is -0.427. The number of carbonyl (C=O) groups is 1. The lowest BCUT2D eigenvalue weighted by Gasteiger charge is -2.15. The first-order valence-electron chi connectivity index (χ1n) is 5.88. The van der Waals surface area contributed by atoms with Crippen LogP contribution in [0.1, 0.15) is 28.9 Å². The maximum Gasteiger partial charge on any atom is 0.340 e. The number of benzene rings is 1. The standard InChI is InChI=1S/C14H16N2O2S/c1-9(10-5-6-19-8-10)16-11-3-4-13(15)12(7-11)14(17)18-2/h3-9,16H,15H2,1-2H3. The summed E-state index contributed by atoms with van der Waals surface area (Å²) in [6.45, 7) is 2.07. The molecule has 0 amide bonds. The number of hydrogen-bond acceptors (Lipinski definition) is 5. The number of esters is 1. The summed E-state index contributed by atoms with van der Waals surface area (Å²) in [7, 11) is 1.34. The zero-order valence-corrected chi connectivity index (χ0v) is 11.7. The van der Waals surface area contributed by atoms with Crippen molar-refractivity contribution in [2.24, 2.45) is 0 Å². The number of hydrogen-bond donors (Lipinski definition) is 2. The van der Waals surface area contributed by atoms with Gasteiger partial charge in [-0.15, -0.1) is 0 Å². The van der Waals surface area contributed by atoms with E-state index in [1.807, 2.05) is 11.4 Å². The lowest BCUT2D eigenvalue weighted by molar-refractivity contribution is 0.0602. The molecule has 0 aliphatic carbocycles. The van der Waals surface area contributed by atoms with E-state index in [2.05, 4.69) is 23.7 Å². The molecular formula is C14H16N2O2S. The summed E-state index contributed by atoms with van der Waals surface area (Å²) in [6.07, 6.45) is 0. The molecule has 0 saturated heterocycles. The Morgan fingerprint density at radius 3 is 2.84 bits per heavy atom.